The fourth-order valence-corrected chi connectivity index (χ4v) is 4.29. The zero-order chi connectivity index (χ0) is 26.9. The molecule has 2 aromatic carbocycles. The normalized spacial score (nSPS) is 11.5. The third-order valence-corrected chi connectivity index (χ3v) is 6.05. The number of rotatable bonds is 14. The molecule has 2 aromatic heterocycles. The largest absolute Gasteiger partial charge is 0.494 e. The van der Waals surface area contributed by atoms with E-state index in [0.717, 1.165) is 11.8 Å². The minimum absolute atomic E-state index is 0.0316. The second-order valence-electron chi connectivity index (χ2n) is 8.59. The molecular weight excluding hydrogens is 488 g/mol. The summed E-state index contributed by atoms with van der Waals surface area (Å²) in [6.07, 6.45) is 2.60. The van der Waals surface area contributed by atoms with Gasteiger partial charge in [-0.15, -0.1) is 0 Å². The molecule has 0 aliphatic heterocycles. The Hall–Kier alpha value is -3.73. The number of nitrogens with zero attached hydrogens (tertiary/aromatic N) is 2. The zero-order valence-electron chi connectivity index (χ0n) is 22.0. The summed E-state index contributed by atoms with van der Waals surface area (Å²) >= 11 is 0. The number of hydrogen-bond donors (Lipinski definition) is 3. The van der Waals surface area contributed by atoms with Crippen molar-refractivity contribution in [2.75, 3.05) is 40.1 Å². The molecule has 0 saturated heterocycles. The van der Waals surface area contributed by atoms with Crippen molar-refractivity contribution in [1.82, 2.24) is 20.3 Å². The van der Waals surface area contributed by atoms with Crippen LogP contribution in [0.2, 0.25) is 0 Å². The van der Waals surface area contributed by atoms with E-state index in [1.165, 1.54) is 6.33 Å². The van der Waals surface area contributed by atoms with Crippen molar-refractivity contribution in [2.24, 2.45) is 0 Å². The first-order valence-electron chi connectivity index (χ1n) is 12.8. The lowest BCUT2D eigenvalue weighted by Crippen LogP contribution is -2.26. The molecule has 4 aromatic rings. The molecule has 0 bridgehead atoms. The fourth-order valence-electron chi connectivity index (χ4n) is 4.29. The number of methoxy groups -OCH3 is 1. The summed E-state index contributed by atoms with van der Waals surface area (Å²) < 4.78 is 21.8. The SMILES string of the molecule is CCOC(CCCNC(=O)c1ccc2[nH]c(O)c(-c3ncnc4cc(OCCOC)ccc34)c2c1)OCC. The molecule has 202 valence electrons. The molecule has 0 spiro atoms. The Morgan fingerprint density at radius 2 is 1.87 bits per heavy atom. The summed E-state index contributed by atoms with van der Waals surface area (Å²) in [5.74, 6) is 0.430. The highest BCUT2D eigenvalue weighted by molar-refractivity contribution is 6.07. The topological polar surface area (TPSA) is 128 Å². The van der Waals surface area contributed by atoms with Gasteiger partial charge in [0.15, 0.2) is 12.2 Å². The number of fused-ring (bicyclic) bond motifs is 2. The van der Waals surface area contributed by atoms with E-state index >= 15 is 0 Å². The van der Waals surface area contributed by atoms with Crippen molar-refractivity contribution >= 4 is 27.7 Å². The van der Waals surface area contributed by atoms with Gasteiger partial charge in [-0.2, -0.15) is 0 Å². The van der Waals surface area contributed by atoms with Crippen LogP contribution in [0.25, 0.3) is 33.1 Å². The minimum atomic E-state index is -0.265. The highest BCUT2D eigenvalue weighted by Gasteiger charge is 2.19. The first-order valence-corrected chi connectivity index (χ1v) is 12.8. The number of aromatic nitrogens is 3. The van der Waals surface area contributed by atoms with E-state index in [-0.39, 0.29) is 18.1 Å². The number of ether oxygens (including phenoxy) is 4. The van der Waals surface area contributed by atoms with E-state index in [9.17, 15) is 9.90 Å². The Morgan fingerprint density at radius 3 is 2.63 bits per heavy atom. The van der Waals surface area contributed by atoms with Crippen LogP contribution < -0.4 is 10.1 Å². The van der Waals surface area contributed by atoms with E-state index in [0.29, 0.717) is 78.4 Å². The molecule has 0 radical (unpaired) electrons. The van der Waals surface area contributed by atoms with Crippen molar-refractivity contribution < 1.29 is 28.8 Å². The van der Waals surface area contributed by atoms with Gasteiger partial charge >= 0.3 is 0 Å². The number of aromatic hydroxyl groups is 1. The maximum Gasteiger partial charge on any atom is 0.251 e. The minimum Gasteiger partial charge on any atom is -0.494 e. The quantitative estimate of drug-likeness (QED) is 0.164. The van der Waals surface area contributed by atoms with Gasteiger partial charge in [0, 0.05) is 61.2 Å². The van der Waals surface area contributed by atoms with Gasteiger partial charge in [-0.3, -0.25) is 4.79 Å². The monoisotopic (exact) mass is 522 g/mol. The number of carbonyl (C=O) groups is 1. The zero-order valence-corrected chi connectivity index (χ0v) is 22.0. The molecule has 38 heavy (non-hydrogen) atoms. The summed E-state index contributed by atoms with van der Waals surface area (Å²) in [6.45, 7) is 6.40. The first-order chi connectivity index (χ1) is 18.5. The lowest BCUT2D eigenvalue weighted by Gasteiger charge is -2.16. The van der Waals surface area contributed by atoms with Crippen LogP contribution in [0.1, 0.15) is 37.0 Å². The predicted molar refractivity (Wildman–Crippen MR) is 144 cm³/mol. The Bertz CT molecular complexity index is 1370. The summed E-state index contributed by atoms with van der Waals surface area (Å²) in [7, 11) is 1.62. The van der Waals surface area contributed by atoms with E-state index in [1.54, 1.807) is 25.3 Å². The lowest BCUT2D eigenvalue weighted by atomic mass is 10.0. The summed E-state index contributed by atoms with van der Waals surface area (Å²) in [5, 5.41) is 15.2. The van der Waals surface area contributed by atoms with Gasteiger partial charge in [-0.1, -0.05) is 0 Å². The van der Waals surface area contributed by atoms with E-state index in [2.05, 4.69) is 20.3 Å². The van der Waals surface area contributed by atoms with E-state index < -0.39 is 0 Å². The average Bonchev–Trinajstić information content (AvgIpc) is 3.25. The standard InChI is InChI=1S/C28H34N4O6/c1-4-36-24(37-5-2)7-6-12-29-27(33)18-8-11-22-21(15-18)25(28(34)32-22)26-20-10-9-19(38-14-13-35-3)16-23(20)30-17-31-26/h8-11,15-17,24,32,34H,4-7,12-14H2,1-3H3,(H,29,33). The van der Waals surface area contributed by atoms with Crippen LogP contribution in [0.4, 0.5) is 0 Å². The van der Waals surface area contributed by atoms with Crippen molar-refractivity contribution in [3.8, 4) is 22.9 Å². The Morgan fingerprint density at radius 1 is 1.05 bits per heavy atom. The van der Waals surface area contributed by atoms with Crippen LogP contribution in [0.15, 0.2) is 42.7 Å². The number of nitrogens with one attached hydrogen (secondary N) is 2. The number of hydrogen-bond acceptors (Lipinski definition) is 8. The van der Waals surface area contributed by atoms with Gasteiger partial charge in [0.25, 0.3) is 5.91 Å². The van der Waals surface area contributed by atoms with Crippen molar-refractivity contribution in [3.05, 3.63) is 48.3 Å². The van der Waals surface area contributed by atoms with Crippen molar-refractivity contribution in [3.63, 3.8) is 0 Å². The van der Waals surface area contributed by atoms with Crippen molar-refractivity contribution in [1.29, 1.82) is 0 Å². The van der Waals surface area contributed by atoms with Gasteiger partial charge in [0.05, 0.1) is 23.4 Å². The molecule has 0 atom stereocenters. The molecule has 0 fully saturated rings. The molecule has 0 unspecified atom stereocenters. The molecular formula is C28H34N4O6. The maximum atomic E-state index is 12.9. The number of amides is 1. The van der Waals surface area contributed by atoms with Gasteiger partial charge in [0.1, 0.15) is 18.7 Å². The van der Waals surface area contributed by atoms with Crippen LogP contribution in [0, 0.1) is 0 Å². The third kappa shape index (κ3) is 6.39. The lowest BCUT2D eigenvalue weighted by molar-refractivity contribution is -0.139. The van der Waals surface area contributed by atoms with Crippen LogP contribution in [0.5, 0.6) is 11.6 Å². The molecule has 0 aliphatic rings. The van der Waals surface area contributed by atoms with E-state index in [1.807, 2.05) is 32.0 Å². The van der Waals surface area contributed by atoms with Crippen LogP contribution in [-0.2, 0) is 14.2 Å². The second kappa shape index (κ2) is 13.2. The molecule has 2 heterocycles. The second-order valence-corrected chi connectivity index (χ2v) is 8.59. The molecule has 0 saturated carbocycles. The fraction of sp³-hybridized carbons (Fsp3) is 0.393. The smallest absolute Gasteiger partial charge is 0.251 e. The van der Waals surface area contributed by atoms with Gasteiger partial charge in [0.2, 0.25) is 0 Å². The average molecular weight is 523 g/mol. The number of carbonyl (C=O) groups excluding carboxylic acids is 1. The number of aromatic amines is 1. The van der Waals surface area contributed by atoms with E-state index in [4.69, 9.17) is 18.9 Å². The number of benzene rings is 2. The summed E-state index contributed by atoms with van der Waals surface area (Å²) in [5.41, 5.74) is 2.90. The molecule has 4 rings (SSSR count). The van der Waals surface area contributed by atoms with Crippen molar-refractivity contribution in [2.45, 2.75) is 33.0 Å². The summed E-state index contributed by atoms with van der Waals surface area (Å²) in [6, 6.07) is 10.8. The van der Waals surface area contributed by atoms with Gasteiger partial charge in [-0.05, 0) is 50.6 Å². The molecule has 3 N–H and O–H groups in total. The first kappa shape index (κ1) is 27.3. The third-order valence-electron chi connectivity index (χ3n) is 6.05. The Labute approximate surface area is 221 Å². The Balaban J connectivity index is 1.54. The molecule has 10 heteroatoms. The van der Waals surface area contributed by atoms with Gasteiger partial charge < -0.3 is 34.4 Å². The van der Waals surface area contributed by atoms with Gasteiger partial charge in [-0.25, -0.2) is 9.97 Å². The highest BCUT2D eigenvalue weighted by Crippen LogP contribution is 2.39. The Kier molecular flexibility index (Phi) is 9.47. The summed E-state index contributed by atoms with van der Waals surface area (Å²) in [4.78, 5) is 24.7. The molecule has 1 amide bonds. The molecule has 0 aliphatic carbocycles. The van der Waals surface area contributed by atoms with Crippen LogP contribution >= 0.6 is 0 Å². The van der Waals surface area contributed by atoms with Crippen LogP contribution in [0.3, 0.4) is 0 Å². The number of H-pyrrole nitrogens is 1. The highest BCUT2D eigenvalue weighted by atomic mass is 16.7. The maximum absolute atomic E-state index is 12.9. The molecule has 10 nitrogen and oxygen atoms in total. The van der Waals surface area contributed by atoms with Crippen LogP contribution in [-0.4, -0.2) is 72.3 Å². The predicted octanol–water partition coefficient (Wildman–Crippen LogP) is 4.42.